The predicted octanol–water partition coefficient (Wildman–Crippen LogP) is 6.77. The van der Waals surface area contributed by atoms with E-state index in [0.29, 0.717) is 82.2 Å². The van der Waals surface area contributed by atoms with Gasteiger partial charge in [-0.15, -0.1) is 0 Å². The van der Waals surface area contributed by atoms with Crippen molar-refractivity contribution in [2.45, 2.75) is 176 Å². The van der Waals surface area contributed by atoms with Gasteiger partial charge in [0, 0.05) is 38.8 Å². The van der Waals surface area contributed by atoms with Gasteiger partial charge in [-0.05, 0) is 69.1 Å². The van der Waals surface area contributed by atoms with E-state index < -0.39 is 12.1 Å². The van der Waals surface area contributed by atoms with Crippen molar-refractivity contribution in [1.29, 1.82) is 0 Å². The number of unbranched alkanes of at least 4 members (excludes halogenated alkanes) is 4. The predicted molar refractivity (Wildman–Crippen MR) is 188 cm³/mol. The van der Waals surface area contributed by atoms with Crippen LogP contribution in [0.2, 0.25) is 0 Å². The third-order valence-electron chi connectivity index (χ3n) is 8.24. The van der Waals surface area contributed by atoms with Crippen LogP contribution in [0.4, 0.5) is 0 Å². The Kier molecular flexibility index (Phi) is 26.2. The van der Waals surface area contributed by atoms with Crippen LogP contribution in [0.3, 0.4) is 0 Å². The molecule has 0 rings (SSSR count). The minimum Gasteiger partial charge on any atom is -0.356 e. The lowest BCUT2D eigenvalue weighted by Crippen LogP contribution is -2.51. The van der Waals surface area contributed by atoms with Gasteiger partial charge in [-0.2, -0.15) is 0 Å². The Hall–Kier alpha value is -2.45. The zero-order valence-corrected chi connectivity index (χ0v) is 30.6. The average Bonchev–Trinajstić information content (AvgIpc) is 2.99. The molecule has 9 nitrogen and oxygen atoms in total. The summed E-state index contributed by atoms with van der Waals surface area (Å²) in [6, 6.07) is -1.41. The summed E-state index contributed by atoms with van der Waals surface area (Å²) in [6.07, 6.45) is 13.3. The van der Waals surface area contributed by atoms with Gasteiger partial charge in [0.2, 0.25) is 23.6 Å². The molecule has 4 amide bonds. The molecule has 0 heterocycles. The fourth-order valence-electron chi connectivity index (χ4n) is 5.29. The number of carbonyl (C=O) groups is 5. The highest BCUT2D eigenvalue weighted by atomic mass is 16.2. The maximum atomic E-state index is 13.4. The van der Waals surface area contributed by atoms with Crippen LogP contribution in [-0.4, -0.2) is 54.6 Å². The molecular formula is C37H70N4O5. The quantitative estimate of drug-likeness (QED) is 0.0664. The molecule has 0 bridgehead atoms. The molecule has 46 heavy (non-hydrogen) atoms. The van der Waals surface area contributed by atoms with Crippen molar-refractivity contribution in [3.05, 3.63) is 0 Å². The van der Waals surface area contributed by atoms with Crippen LogP contribution in [0.15, 0.2) is 0 Å². The molecule has 2 unspecified atom stereocenters. The summed E-state index contributed by atoms with van der Waals surface area (Å²) in [5.74, 6) is 1.34. The van der Waals surface area contributed by atoms with Gasteiger partial charge in [0.05, 0.1) is 6.04 Å². The summed E-state index contributed by atoms with van der Waals surface area (Å²) in [6.45, 7) is 15.8. The SMILES string of the molecule is CCC(=O)C(CCCCNC(=O)CCCCC(C)C)NC(=O)C(CCCNC(=O)CCCCC(C)C)NC(=O)CCCCC(C)C. The van der Waals surface area contributed by atoms with E-state index in [-0.39, 0.29) is 29.4 Å². The van der Waals surface area contributed by atoms with E-state index in [4.69, 9.17) is 0 Å². The molecule has 0 aliphatic rings. The minimum atomic E-state index is -0.775. The maximum absolute atomic E-state index is 13.4. The zero-order valence-electron chi connectivity index (χ0n) is 30.6. The number of hydrogen-bond donors (Lipinski definition) is 4. The largest absolute Gasteiger partial charge is 0.356 e. The molecule has 0 aromatic rings. The van der Waals surface area contributed by atoms with Crippen molar-refractivity contribution in [2.75, 3.05) is 13.1 Å². The second kappa shape index (κ2) is 27.6. The van der Waals surface area contributed by atoms with Crippen LogP contribution < -0.4 is 21.3 Å². The van der Waals surface area contributed by atoms with Crippen molar-refractivity contribution in [1.82, 2.24) is 21.3 Å². The van der Waals surface area contributed by atoms with Gasteiger partial charge in [-0.1, -0.05) is 87.0 Å². The van der Waals surface area contributed by atoms with Crippen LogP contribution in [0, 0.1) is 17.8 Å². The van der Waals surface area contributed by atoms with E-state index in [9.17, 15) is 24.0 Å². The van der Waals surface area contributed by atoms with Crippen molar-refractivity contribution < 1.29 is 24.0 Å². The molecule has 0 saturated heterocycles. The van der Waals surface area contributed by atoms with E-state index in [0.717, 1.165) is 64.2 Å². The van der Waals surface area contributed by atoms with Crippen LogP contribution >= 0.6 is 0 Å². The highest BCUT2D eigenvalue weighted by molar-refractivity contribution is 5.92. The third-order valence-corrected chi connectivity index (χ3v) is 8.24. The highest BCUT2D eigenvalue weighted by Gasteiger charge is 2.25. The molecule has 0 aliphatic heterocycles. The molecule has 0 aromatic heterocycles. The summed E-state index contributed by atoms with van der Waals surface area (Å²) in [5.41, 5.74) is 0. The average molecular weight is 651 g/mol. The van der Waals surface area contributed by atoms with Crippen LogP contribution in [0.1, 0.15) is 164 Å². The Labute approximate surface area is 281 Å². The molecule has 0 saturated carbocycles. The fraction of sp³-hybridized carbons (Fsp3) is 0.865. The first-order valence-electron chi connectivity index (χ1n) is 18.5. The molecular weight excluding hydrogens is 580 g/mol. The molecule has 268 valence electrons. The first-order chi connectivity index (χ1) is 21.8. The zero-order chi connectivity index (χ0) is 34.7. The Morgan fingerprint density at radius 2 is 0.870 bits per heavy atom. The number of amides is 4. The molecule has 0 fully saturated rings. The molecule has 4 N–H and O–H groups in total. The molecule has 9 heteroatoms. The summed E-state index contributed by atoms with van der Waals surface area (Å²) < 4.78 is 0. The Morgan fingerprint density at radius 1 is 0.457 bits per heavy atom. The smallest absolute Gasteiger partial charge is 0.243 e. The normalized spacial score (nSPS) is 12.7. The van der Waals surface area contributed by atoms with Gasteiger partial charge in [-0.25, -0.2) is 0 Å². The lowest BCUT2D eigenvalue weighted by molar-refractivity contribution is -0.131. The number of ketones is 1. The molecule has 0 spiro atoms. The second-order valence-electron chi connectivity index (χ2n) is 14.3. The Bertz CT molecular complexity index is 859. The van der Waals surface area contributed by atoms with Gasteiger partial charge < -0.3 is 21.3 Å². The van der Waals surface area contributed by atoms with Crippen molar-refractivity contribution in [2.24, 2.45) is 17.8 Å². The van der Waals surface area contributed by atoms with E-state index in [1.807, 2.05) is 0 Å². The minimum absolute atomic E-state index is 0.00914. The molecule has 0 aromatic carbocycles. The van der Waals surface area contributed by atoms with Gasteiger partial charge in [0.25, 0.3) is 0 Å². The van der Waals surface area contributed by atoms with Gasteiger partial charge >= 0.3 is 0 Å². The first kappa shape index (κ1) is 43.5. The topological polar surface area (TPSA) is 133 Å². The lowest BCUT2D eigenvalue weighted by Gasteiger charge is -2.23. The van der Waals surface area contributed by atoms with Crippen molar-refractivity contribution in [3.63, 3.8) is 0 Å². The molecule has 0 aliphatic carbocycles. The lowest BCUT2D eigenvalue weighted by atomic mass is 10.0. The monoisotopic (exact) mass is 651 g/mol. The van der Waals surface area contributed by atoms with Crippen LogP contribution in [0.25, 0.3) is 0 Å². The second-order valence-corrected chi connectivity index (χ2v) is 14.3. The summed E-state index contributed by atoms with van der Waals surface area (Å²) in [4.78, 5) is 63.3. The first-order valence-corrected chi connectivity index (χ1v) is 18.5. The van der Waals surface area contributed by atoms with Crippen molar-refractivity contribution in [3.8, 4) is 0 Å². The standard InChI is InChI=1S/C37H70N4O5/c1-8-33(42)31(21-15-16-26-38-34(43)23-12-9-18-28(2)3)41-37(46)32(40-36(45)25-14-11-20-30(6)7)22-17-27-39-35(44)24-13-10-19-29(4)5/h28-32H,8-27H2,1-7H3,(H,38,43)(H,39,44)(H,40,45)(H,41,46). The number of Topliss-reactive ketones (excluding diaryl/α,β-unsaturated/α-hetero) is 1. The summed E-state index contributed by atoms with van der Waals surface area (Å²) >= 11 is 0. The molecule has 0 radical (unpaired) electrons. The third kappa shape index (κ3) is 25.7. The van der Waals surface area contributed by atoms with Gasteiger partial charge in [0.1, 0.15) is 6.04 Å². The Balaban J connectivity index is 4.93. The van der Waals surface area contributed by atoms with Gasteiger partial charge in [-0.3, -0.25) is 24.0 Å². The number of hydrogen-bond acceptors (Lipinski definition) is 5. The van der Waals surface area contributed by atoms with Gasteiger partial charge in [0.15, 0.2) is 5.78 Å². The molecule has 2 atom stereocenters. The summed E-state index contributed by atoms with van der Waals surface area (Å²) in [5, 5.41) is 11.7. The highest BCUT2D eigenvalue weighted by Crippen LogP contribution is 2.11. The van der Waals surface area contributed by atoms with E-state index in [2.05, 4.69) is 62.8 Å². The van der Waals surface area contributed by atoms with Crippen LogP contribution in [-0.2, 0) is 24.0 Å². The summed E-state index contributed by atoms with van der Waals surface area (Å²) in [7, 11) is 0. The number of nitrogens with one attached hydrogen (secondary N) is 4. The van der Waals surface area contributed by atoms with Crippen LogP contribution in [0.5, 0.6) is 0 Å². The number of rotatable bonds is 29. The van der Waals surface area contributed by atoms with E-state index >= 15 is 0 Å². The van der Waals surface area contributed by atoms with E-state index in [1.54, 1.807) is 6.92 Å². The fourth-order valence-corrected chi connectivity index (χ4v) is 5.29. The van der Waals surface area contributed by atoms with E-state index in [1.165, 1.54) is 0 Å². The maximum Gasteiger partial charge on any atom is 0.243 e. The number of carbonyl (C=O) groups excluding carboxylic acids is 5. The Morgan fingerprint density at radius 3 is 1.33 bits per heavy atom. The van der Waals surface area contributed by atoms with Crippen molar-refractivity contribution >= 4 is 29.4 Å².